The second kappa shape index (κ2) is 5.78. The van der Waals surface area contributed by atoms with E-state index in [0.717, 1.165) is 5.69 Å². The van der Waals surface area contributed by atoms with E-state index in [0.29, 0.717) is 0 Å². The molecular weight excluding hydrogens is 290 g/mol. The Morgan fingerprint density at radius 2 is 1.45 bits per heavy atom. The van der Waals surface area contributed by atoms with Gasteiger partial charge in [0.25, 0.3) is 0 Å². The molecule has 0 aliphatic heterocycles. The average molecular weight is 306 g/mol. The van der Waals surface area contributed by atoms with Gasteiger partial charge in [-0.25, -0.2) is 0 Å². The van der Waals surface area contributed by atoms with E-state index in [9.17, 15) is 0 Å². The van der Waals surface area contributed by atoms with Crippen LogP contribution in [0.3, 0.4) is 0 Å². The molecule has 2 heteroatoms. The number of hydrogen-bond donors (Lipinski definition) is 0. The van der Waals surface area contributed by atoms with Crippen LogP contribution < -0.4 is 0 Å². The Kier molecular flexibility index (Phi) is 3.82. The van der Waals surface area contributed by atoms with Crippen molar-refractivity contribution in [2.45, 2.75) is 6.92 Å². The molecule has 0 saturated heterocycles. The van der Waals surface area contributed by atoms with Gasteiger partial charge in [-0.1, -0.05) is 54.6 Å². The van der Waals surface area contributed by atoms with Gasteiger partial charge in [0.1, 0.15) is 0 Å². The zero-order chi connectivity index (χ0) is 14.2. The number of fused-ring (bicyclic) bond motifs is 3. The van der Waals surface area contributed by atoms with Crippen LogP contribution in [0.15, 0.2) is 66.9 Å². The van der Waals surface area contributed by atoms with Crippen LogP contribution in [-0.4, -0.2) is 4.98 Å². The van der Waals surface area contributed by atoms with Crippen molar-refractivity contribution in [2.75, 3.05) is 0 Å². The lowest BCUT2D eigenvalue weighted by Crippen LogP contribution is -1.86. The largest absolute Gasteiger partial charge is 0.261 e. The van der Waals surface area contributed by atoms with Crippen LogP contribution >= 0.6 is 12.4 Å². The number of rotatable bonds is 1. The van der Waals surface area contributed by atoms with Crippen molar-refractivity contribution in [1.82, 2.24) is 4.98 Å². The fourth-order valence-electron chi connectivity index (χ4n) is 2.97. The van der Waals surface area contributed by atoms with Gasteiger partial charge in [-0.15, -0.1) is 12.4 Å². The molecule has 108 valence electrons. The maximum atomic E-state index is 4.48. The van der Waals surface area contributed by atoms with Gasteiger partial charge in [-0.2, -0.15) is 0 Å². The van der Waals surface area contributed by atoms with Gasteiger partial charge in [0.15, 0.2) is 0 Å². The van der Waals surface area contributed by atoms with E-state index in [2.05, 4.69) is 65.7 Å². The van der Waals surface area contributed by atoms with Crippen LogP contribution in [0.2, 0.25) is 0 Å². The molecule has 0 radical (unpaired) electrons. The molecule has 2 aromatic carbocycles. The first-order valence-electron chi connectivity index (χ1n) is 7.16. The maximum Gasteiger partial charge on any atom is 0.0379 e. The van der Waals surface area contributed by atoms with Crippen molar-refractivity contribution < 1.29 is 0 Å². The van der Waals surface area contributed by atoms with E-state index >= 15 is 0 Å². The molecule has 3 aromatic rings. The molecule has 22 heavy (non-hydrogen) atoms. The number of halogens is 1. The Labute approximate surface area is 136 Å². The molecule has 1 nitrogen and oxygen atoms in total. The Morgan fingerprint density at radius 3 is 2.23 bits per heavy atom. The van der Waals surface area contributed by atoms with Gasteiger partial charge in [0, 0.05) is 17.5 Å². The molecular formula is C20H16ClN. The minimum atomic E-state index is 0. The van der Waals surface area contributed by atoms with Gasteiger partial charge >= 0.3 is 0 Å². The van der Waals surface area contributed by atoms with Crippen molar-refractivity contribution in [2.24, 2.45) is 0 Å². The third-order valence-corrected chi connectivity index (χ3v) is 3.95. The third kappa shape index (κ3) is 2.34. The van der Waals surface area contributed by atoms with Crippen molar-refractivity contribution >= 4 is 24.1 Å². The highest BCUT2D eigenvalue weighted by Gasteiger charge is 2.23. The van der Waals surface area contributed by atoms with Crippen LogP contribution in [-0.2, 0) is 0 Å². The summed E-state index contributed by atoms with van der Waals surface area (Å²) in [7, 11) is 0. The number of aryl methyl sites for hydroxylation is 1. The van der Waals surface area contributed by atoms with Gasteiger partial charge in [-0.3, -0.25) is 4.98 Å². The first kappa shape index (κ1) is 14.6. The lowest BCUT2D eigenvalue weighted by Gasteiger charge is -2.03. The molecule has 1 aliphatic carbocycles. The van der Waals surface area contributed by atoms with E-state index in [4.69, 9.17) is 0 Å². The van der Waals surface area contributed by atoms with E-state index < -0.39 is 0 Å². The number of aromatic nitrogens is 1. The summed E-state index contributed by atoms with van der Waals surface area (Å²) >= 11 is 0. The molecule has 0 bridgehead atoms. The third-order valence-electron chi connectivity index (χ3n) is 3.95. The van der Waals surface area contributed by atoms with E-state index in [-0.39, 0.29) is 12.4 Å². The molecule has 0 saturated carbocycles. The Bertz CT molecular complexity index is 851. The predicted octanol–water partition coefficient (Wildman–Crippen LogP) is 5.38. The molecule has 0 unspecified atom stereocenters. The predicted molar refractivity (Wildman–Crippen MR) is 95.1 cm³/mol. The van der Waals surface area contributed by atoms with E-state index in [1.807, 2.05) is 19.2 Å². The summed E-state index contributed by atoms with van der Waals surface area (Å²) in [5.41, 5.74) is 8.66. The number of hydrogen-bond acceptors (Lipinski definition) is 1. The topological polar surface area (TPSA) is 12.9 Å². The molecule has 0 fully saturated rings. The highest BCUT2D eigenvalue weighted by atomic mass is 35.5. The number of nitrogens with zero attached hydrogens (tertiary/aromatic N) is 1. The van der Waals surface area contributed by atoms with Gasteiger partial charge in [0.2, 0.25) is 0 Å². The summed E-state index contributed by atoms with van der Waals surface area (Å²) in [5, 5.41) is 0. The van der Waals surface area contributed by atoms with E-state index in [1.54, 1.807) is 0 Å². The van der Waals surface area contributed by atoms with Gasteiger partial charge in [-0.05, 0) is 46.9 Å². The van der Waals surface area contributed by atoms with Gasteiger partial charge < -0.3 is 0 Å². The zero-order valence-electron chi connectivity index (χ0n) is 12.3. The van der Waals surface area contributed by atoms with Crippen LogP contribution in [0.25, 0.3) is 22.8 Å². The van der Waals surface area contributed by atoms with Crippen LogP contribution in [0.4, 0.5) is 0 Å². The average Bonchev–Trinajstić information content (AvgIpc) is 2.82. The van der Waals surface area contributed by atoms with Crippen LogP contribution in [0, 0.1) is 6.92 Å². The fourth-order valence-corrected chi connectivity index (χ4v) is 2.97. The smallest absolute Gasteiger partial charge is 0.0379 e. The second-order valence-electron chi connectivity index (χ2n) is 5.39. The maximum absolute atomic E-state index is 4.48. The lowest BCUT2D eigenvalue weighted by atomic mass is 10.0. The molecule has 0 N–H and O–H groups in total. The van der Waals surface area contributed by atoms with Crippen LogP contribution in [0.5, 0.6) is 0 Å². The second-order valence-corrected chi connectivity index (χ2v) is 5.39. The number of benzene rings is 2. The molecule has 4 rings (SSSR count). The molecule has 1 aromatic heterocycles. The summed E-state index contributed by atoms with van der Waals surface area (Å²) in [5.74, 6) is 0. The van der Waals surface area contributed by atoms with Gasteiger partial charge in [0.05, 0.1) is 0 Å². The highest BCUT2D eigenvalue weighted by molar-refractivity contribution is 6.06. The quantitative estimate of drug-likeness (QED) is 0.460. The molecule has 0 atom stereocenters. The van der Waals surface area contributed by atoms with Crippen molar-refractivity contribution in [3.8, 4) is 11.1 Å². The molecule has 1 aliphatic rings. The summed E-state index contributed by atoms with van der Waals surface area (Å²) < 4.78 is 0. The molecule has 0 spiro atoms. The van der Waals surface area contributed by atoms with Crippen molar-refractivity contribution in [1.29, 1.82) is 0 Å². The number of pyridine rings is 1. The van der Waals surface area contributed by atoms with Crippen molar-refractivity contribution in [3.05, 3.63) is 89.2 Å². The minimum absolute atomic E-state index is 0. The fraction of sp³-hybridized carbons (Fsp3) is 0.0500. The zero-order valence-corrected chi connectivity index (χ0v) is 13.1. The van der Waals surface area contributed by atoms with Crippen LogP contribution in [0.1, 0.15) is 22.4 Å². The SMILES string of the molecule is Cc1cc2c(cn1)C(=Cc1ccccc1)c1ccccc1-2.Cl. The molecule has 0 amide bonds. The first-order valence-corrected chi connectivity index (χ1v) is 7.16. The summed E-state index contributed by atoms with van der Waals surface area (Å²) in [4.78, 5) is 4.48. The summed E-state index contributed by atoms with van der Waals surface area (Å²) in [6, 6.07) is 21.2. The summed E-state index contributed by atoms with van der Waals surface area (Å²) in [6.07, 6.45) is 4.25. The standard InChI is InChI=1S/C20H15N.ClH/c1-14-11-18-16-9-5-6-10-17(16)19(20(18)13-21-14)12-15-7-3-2-4-8-15;/h2-13H,1H3;1H. The Balaban J connectivity index is 0.00000144. The van der Waals surface area contributed by atoms with E-state index in [1.165, 1.54) is 33.4 Å². The normalized spacial score (nSPS) is 13.4. The minimum Gasteiger partial charge on any atom is -0.261 e. The monoisotopic (exact) mass is 305 g/mol. The Hall–Kier alpha value is -2.38. The summed E-state index contributed by atoms with van der Waals surface area (Å²) in [6.45, 7) is 2.04. The highest BCUT2D eigenvalue weighted by Crippen LogP contribution is 2.44. The first-order chi connectivity index (χ1) is 10.3. The Morgan fingerprint density at radius 1 is 0.773 bits per heavy atom. The molecule has 1 heterocycles. The van der Waals surface area contributed by atoms with Crippen molar-refractivity contribution in [3.63, 3.8) is 0 Å². The lowest BCUT2D eigenvalue weighted by molar-refractivity contribution is 1.20.